The summed E-state index contributed by atoms with van der Waals surface area (Å²) in [5.74, 6) is 1.19. The minimum Gasteiger partial charge on any atom is -0.462 e. The van der Waals surface area contributed by atoms with Crippen LogP contribution in [0.2, 0.25) is 0 Å². The van der Waals surface area contributed by atoms with E-state index in [-0.39, 0.29) is 12.1 Å². The molecule has 0 saturated heterocycles. The molecule has 0 amide bonds. The van der Waals surface area contributed by atoms with E-state index in [4.69, 9.17) is 4.74 Å². The van der Waals surface area contributed by atoms with Crippen molar-refractivity contribution < 1.29 is 9.53 Å². The van der Waals surface area contributed by atoms with Crippen LogP contribution in [0.3, 0.4) is 0 Å². The van der Waals surface area contributed by atoms with E-state index in [2.05, 4.69) is 27.7 Å². The maximum Gasteiger partial charge on any atom is 0.302 e. The topological polar surface area (TPSA) is 26.3 Å². The molecule has 0 aliphatic heterocycles. The zero-order chi connectivity index (χ0) is 14.5. The smallest absolute Gasteiger partial charge is 0.302 e. The van der Waals surface area contributed by atoms with E-state index in [1.54, 1.807) is 0 Å². The molecule has 1 saturated carbocycles. The van der Waals surface area contributed by atoms with Gasteiger partial charge in [0.15, 0.2) is 0 Å². The van der Waals surface area contributed by atoms with Gasteiger partial charge in [-0.1, -0.05) is 47.0 Å². The molecule has 2 nitrogen and oxygen atoms in total. The molecular weight excluding hydrogens is 236 g/mol. The third-order valence-electron chi connectivity index (χ3n) is 4.73. The van der Waals surface area contributed by atoms with Crippen LogP contribution in [-0.4, -0.2) is 12.1 Å². The molecule has 0 aromatic heterocycles. The molecule has 0 aromatic carbocycles. The minimum absolute atomic E-state index is 0.116. The highest BCUT2D eigenvalue weighted by Crippen LogP contribution is 2.35. The first-order valence-electron chi connectivity index (χ1n) is 7.97. The van der Waals surface area contributed by atoms with Gasteiger partial charge in [-0.15, -0.1) is 0 Å². The second-order valence-corrected chi connectivity index (χ2v) is 7.40. The monoisotopic (exact) mass is 268 g/mol. The summed E-state index contributed by atoms with van der Waals surface area (Å²) in [6.07, 6.45) is 8.67. The average Bonchev–Trinajstić information content (AvgIpc) is 2.32. The van der Waals surface area contributed by atoms with Crippen molar-refractivity contribution in [2.75, 3.05) is 0 Å². The van der Waals surface area contributed by atoms with Gasteiger partial charge >= 0.3 is 5.97 Å². The van der Waals surface area contributed by atoms with Gasteiger partial charge in [0.25, 0.3) is 0 Å². The van der Waals surface area contributed by atoms with Crippen molar-refractivity contribution in [3.63, 3.8) is 0 Å². The lowest BCUT2D eigenvalue weighted by atomic mass is 9.80. The first kappa shape index (κ1) is 16.5. The van der Waals surface area contributed by atoms with Crippen molar-refractivity contribution >= 4 is 5.97 Å². The van der Waals surface area contributed by atoms with Gasteiger partial charge in [0.1, 0.15) is 6.10 Å². The summed E-state index contributed by atoms with van der Waals surface area (Å²) in [5.41, 5.74) is 0.372. The number of hydrogen-bond acceptors (Lipinski definition) is 2. The molecule has 1 aliphatic rings. The maximum atomic E-state index is 11.3. The molecule has 0 aromatic rings. The largest absolute Gasteiger partial charge is 0.462 e. The van der Waals surface area contributed by atoms with Gasteiger partial charge in [-0.2, -0.15) is 0 Å². The van der Waals surface area contributed by atoms with Crippen LogP contribution in [-0.2, 0) is 9.53 Å². The molecule has 112 valence electrons. The third-order valence-corrected chi connectivity index (χ3v) is 4.73. The van der Waals surface area contributed by atoms with Crippen LogP contribution in [0.1, 0.15) is 79.6 Å². The fraction of sp³-hybridized carbons (Fsp3) is 0.941. The molecule has 1 fully saturated rings. The van der Waals surface area contributed by atoms with Crippen molar-refractivity contribution in [3.05, 3.63) is 0 Å². The van der Waals surface area contributed by atoms with E-state index in [9.17, 15) is 4.79 Å². The van der Waals surface area contributed by atoms with Crippen molar-refractivity contribution in [3.8, 4) is 0 Å². The molecule has 19 heavy (non-hydrogen) atoms. The number of ether oxygens (including phenoxy) is 1. The zero-order valence-electron chi connectivity index (χ0n) is 13.5. The fourth-order valence-corrected chi connectivity index (χ4v) is 3.09. The maximum absolute atomic E-state index is 11.3. The Bertz CT molecular complexity index is 283. The number of hydrogen-bond donors (Lipinski definition) is 0. The second-order valence-electron chi connectivity index (χ2n) is 7.40. The first-order valence-corrected chi connectivity index (χ1v) is 7.97. The Kier molecular flexibility index (Phi) is 6.35. The normalized spacial score (nSPS) is 33.2. The lowest BCUT2D eigenvalue weighted by molar-refractivity contribution is -0.149. The Morgan fingerprint density at radius 2 is 1.68 bits per heavy atom. The molecular formula is C17H32O2. The van der Waals surface area contributed by atoms with Gasteiger partial charge in [-0.25, -0.2) is 0 Å². The standard InChI is InChI=1S/C17H32O2/c1-13-7-6-8-14(2)16(19-15(3)18)10-12-17(4,5)11-9-13/h13-14,16H,6-12H2,1-5H3. The van der Waals surface area contributed by atoms with Crippen LogP contribution < -0.4 is 0 Å². The summed E-state index contributed by atoms with van der Waals surface area (Å²) in [5, 5.41) is 0. The number of carbonyl (C=O) groups is 1. The Hall–Kier alpha value is -0.530. The third kappa shape index (κ3) is 6.44. The van der Waals surface area contributed by atoms with Gasteiger partial charge < -0.3 is 4.74 Å². The highest BCUT2D eigenvalue weighted by Gasteiger charge is 2.26. The van der Waals surface area contributed by atoms with Crippen molar-refractivity contribution in [2.24, 2.45) is 17.3 Å². The van der Waals surface area contributed by atoms with E-state index in [1.807, 2.05) is 0 Å². The molecule has 0 N–H and O–H groups in total. The second kappa shape index (κ2) is 7.31. The molecule has 1 aliphatic carbocycles. The Morgan fingerprint density at radius 3 is 2.32 bits per heavy atom. The van der Waals surface area contributed by atoms with Gasteiger partial charge in [0.05, 0.1) is 0 Å². The quantitative estimate of drug-likeness (QED) is 0.628. The Balaban J connectivity index is 2.69. The predicted octanol–water partition coefficient (Wildman–Crippen LogP) is 4.96. The highest BCUT2D eigenvalue weighted by molar-refractivity contribution is 5.66. The molecule has 3 atom stereocenters. The summed E-state index contributed by atoms with van der Waals surface area (Å²) in [6, 6.07) is 0. The molecule has 0 bridgehead atoms. The summed E-state index contributed by atoms with van der Waals surface area (Å²) < 4.78 is 5.56. The number of rotatable bonds is 1. The Morgan fingerprint density at radius 1 is 1.05 bits per heavy atom. The van der Waals surface area contributed by atoms with Crippen molar-refractivity contribution in [1.82, 2.24) is 0 Å². The SMILES string of the molecule is CC(=O)OC1CCC(C)(C)CCC(C)CCCC1C. The molecule has 1 rings (SSSR count). The summed E-state index contributed by atoms with van der Waals surface area (Å²) in [6.45, 7) is 10.9. The molecule has 0 heterocycles. The van der Waals surface area contributed by atoms with Crippen LogP contribution in [0, 0.1) is 17.3 Å². The van der Waals surface area contributed by atoms with Crippen LogP contribution in [0.25, 0.3) is 0 Å². The first-order chi connectivity index (χ1) is 8.80. The van der Waals surface area contributed by atoms with E-state index >= 15 is 0 Å². The van der Waals surface area contributed by atoms with Crippen molar-refractivity contribution in [2.45, 2.75) is 85.7 Å². The summed E-state index contributed by atoms with van der Waals surface area (Å²) in [4.78, 5) is 11.3. The number of carbonyl (C=O) groups excluding carboxylic acids is 1. The van der Waals surface area contributed by atoms with Gasteiger partial charge in [0, 0.05) is 6.92 Å². The summed E-state index contributed by atoms with van der Waals surface area (Å²) in [7, 11) is 0. The van der Waals surface area contributed by atoms with E-state index in [0.29, 0.717) is 11.3 Å². The fourth-order valence-electron chi connectivity index (χ4n) is 3.09. The van der Waals surface area contributed by atoms with Gasteiger partial charge in [0.2, 0.25) is 0 Å². The van der Waals surface area contributed by atoms with E-state index < -0.39 is 0 Å². The van der Waals surface area contributed by atoms with Crippen LogP contribution >= 0.6 is 0 Å². The van der Waals surface area contributed by atoms with Gasteiger partial charge in [-0.05, 0) is 42.9 Å². The van der Waals surface area contributed by atoms with E-state index in [1.165, 1.54) is 39.0 Å². The number of esters is 1. The minimum atomic E-state index is -0.127. The highest BCUT2D eigenvalue weighted by atomic mass is 16.5. The molecule has 0 spiro atoms. The van der Waals surface area contributed by atoms with Crippen LogP contribution in [0.5, 0.6) is 0 Å². The van der Waals surface area contributed by atoms with Gasteiger partial charge in [-0.3, -0.25) is 4.79 Å². The molecule has 0 radical (unpaired) electrons. The average molecular weight is 268 g/mol. The van der Waals surface area contributed by atoms with Crippen LogP contribution in [0.15, 0.2) is 0 Å². The summed E-state index contributed by atoms with van der Waals surface area (Å²) >= 11 is 0. The zero-order valence-corrected chi connectivity index (χ0v) is 13.5. The molecule has 2 heteroatoms. The Labute approximate surface area is 119 Å². The van der Waals surface area contributed by atoms with Crippen molar-refractivity contribution in [1.29, 1.82) is 0 Å². The van der Waals surface area contributed by atoms with Crippen LogP contribution in [0.4, 0.5) is 0 Å². The lowest BCUT2D eigenvalue weighted by Gasteiger charge is -2.29. The lowest BCUT2D eigenvalue weighted by Crippen LogP contribution is -2.26. The molecule has 3 unspecified atom stereocenters. The predicted molar refractivity (Wildman–Crippen MR) is 80.0 cm³/mol. The van der Waals surface area contributed by atoms with E-state index in [0.717, 1.165) is 18.8 Å².